The van der Waals surface area contributed by atoms with Crippen molar-refractivity contribution in [3.63, 3.8) is 0 Å². The Morgan fingerprint density at radius 1 is 1.36 bits per heavy atom. The molecule has 0 aliphatic carbocycles. The topological polar surface area (TPSA) is 98.7 Å². The first-order valence-corrected chi connectivity index (χ1v) is 9.30. The number of halogens is 1. The predicted octanol–water partition coefficient (Wildman–Crippen LogP) is 2.72. The van der Waals surface area contributed by atoms with Gasteiger partial charge in [-0.25, -0.2) is 4.39 Å². The zero-order chi connectivity index (χ0) is 20.3. The Labute approximate surface area is 162 Å². The number of hydrogen-bond acceptors (Lipinski definition) is 5. The number of nitrogens with two attached hydrogens (primary N) is 1. The Bertz CT molecular complexity index is 834. The molecule has 28 heavy (non-hydrogen) atoms. The predicted molar refractivity (Wildman–Crippen MR) is 99.2 cm³/mol. The van der Waals surface area contributed by atoms with E-state index in [9.17, 15) is 14.0 Å². The number of primary amides is 1. The van der Waals surface area contributed by atoms with Gasteiger partial charge in [-0.15, -0.1) is 0 Å². The highest BCUT2D eigenvalue weighted by Crippen LogP contribution is 2.27. The van der Waals surface area contributed by atoms with E-state index in [1.807, 2.05) is 13.8 Å². The van der Waals surface area contributed by atoms with Gasteiger partial charge in [0.05, 0.1) is 5.69 Å². The van der Waals surface area contributed by atoms with Crippen LogP contribution < -0.4 is 10.5 Å². The summed E-state index contributed by atoms with van der Waals surface area (Å²) in [6.07, 6.45) is 0.304. The van der Waals surface area contributed by atoms with E-state index < -0.39 is 5.91 Å². The molecule has 2 amide bonds. The zero-order valence-electron chi connectivity index (χ0n) is 15.9. The quantitative estimate of drug-likeness (QED) is 0.819. The van der Waals surface area contributed by atoms with Crippen molar-refractivity contribution in [2.24, 2.45) is 11.7 Å². The van der Waals surface area contributed by atoms with Gasteiger partial charge in [0.2, 0.25) is 11.7 Å². The van der Waals surface area contributed by atoms with Crippen molar-refractivity contribution >= 4 is 11.8 Å². The maximum atomic E-state index is 13.1. The van der Waals surface area contributed by atoms with Crippen molar-refractivity contribution in [3.8, 4) is 5.75 Å². The molecule has 0 spiro atoms. The standard InChI is InChI=1S/C20H24FN3O4/c1-12(2)16-10-18(28-23-16)20(26)24-8-7-17(13(11-24)9-19(22)25)27-15-5-3-14(21)4-6-15/h3-6,10,12-13,17H,7-9,11H2,1-2H3,(H2,22,25)/t13-,17-/m0/s1. The lowest BCUT2D eigenvalue weighted by molar-refractivity contribution is -0.120. The molecule has 0 unspecified atom stereocenters. The van der Waals surface area contributed by atoms with Crippen LogP contribution in [-0.2, 0) is 4.79 Å². The van der Waals surface area contributed by atoms with Gasteiger partial charge in [0.1, 0.15) is 17.7 Å². The molecule has 3 rings (SSSR count). The first-order chi connectivity index (χ1) is 13.3. The Morgan fingerprint density at radius 3 is 2.68 bits per heavy atom. The summed E-state index contributed by atoms with van der Waals surface area (Å²) in [5.74, 6) is -0.510. The lowest BCUT2D eigenvalue weighted by Crippen LogP contribution is -2.49. The van der Waals surface area contributed by atoms with Crippen molar-refractivity contribution < 1.29 is 23.2 Å². The van der Waals surface area contributed by atoms with Gasteiger partial charge in [-0.1, -0.05) is 19.0 Å². The number of rotatable bonds is 6. The van der Waals surface area contributed by atoms with Crippen LogP contribution in [-0.4, -0.2) is 41.1 Å². The summed E-state index contributed by atoms with van der Waals surface area (Å²) in [7, 11) is 0. The van der Waals surface area contributed by atoms with Crippen LogP contribution in [0.5, 0.6) is 5.75 Å². The van der Waals surface area contributed by atoms with E-state index in [1.54, 1.807) is 11.0 Å². The van der Waals surface area contributed by atoms with Crippen LogP contribution in [0.3, 0.4) is 0 Å². The molecule has 2 heterocycles. The van der Waals surface area contributed by atoms with Crippen LogP contribution in [0.15, 0.2) is 34.9 Å². The molecular weight excluding hydrogens is 365 g/mol. The molecule has 2 atom stereocenters. The van der Waals surface area contributed by atoms with Gasteiger partial charge in [0, 0.05) is 37.9 Å². The molecule has 7 nitrogen and oxygen atoms in total. The fraction of sp³-hybridized carbons (Fsp3) is 0.450. The van der Waals surface area contributed by atoms with E-state index in [1.165, 1.54) is 24.3 Å². The smallest absolute Gasteiger partial charge is 0.292 e. The largest absolute Gasteiger partial charge is 0.490 e. The average molecular weight is 389 g/mol. The number of hydrogen-bond donors (Lipinski definition) is 1. The summed E-state index contributed by atoms with van der Waals surface area (Å²) in [5.41, 5.74) is 6.11. The molecule has 1 aliphatic heterocycles. The maximum Gasteiger partial charge on any atom is 0.292 e. The van der Waals surface area contributed by atoms with Gasteiger partial charge in [0.15, 0.2) is 0 Å². The number of benzene rings is 1. The number of carbonyl (C=O) groups excluding carboxylic acids is 2. The van der Waals surface area contributed by atoms with Crippen molar-refractivity contribution in [3.05, 3.63) is 47.6 Å². The summed E-state index contributed by atoms with van der Waals surface area (Å²) < 4.78 is 24.2. The molecule has 1 saturated heterocycles. The summed E-state index contributed by atoms with van der Waals surface area (Å²) in [5, 5.41) is 3.92. The van der Waals surface area contributed by atoms with Crippen molar-refractivity contribution in [1.82, 2.24) is 10.1 Å². The Kier molecular flexibility index (Phi) is 5.96. The first kappa shape index (κ1) is 19.9. The van der Waals surface area contributed by atoms with E-state index in [0.29, 0.717) is 31.0 Å². The third-order valence-electron chi connectivity index (χ3n) is 4.85. The number of piperidine rings is 1. The second-order valence-corrected chi connectivity index (χ2v) is 7.35. The molecule has 2 aromatic rings. The lowest BCUT2D eigenvalue weighted by Gasteiger charge is -2.37. The van der Waals surface area contributed by atoms with E-state index in [4.69, 9.17) is 15.0 Å². The molecule has 2 N–H and O–H groups in total. The Balaban J connectivity index is 1.71. The Morgan fingerprint density at radius 2 is 2.07 bits per heavy atom. The summed E-state index contributed by atoms with van der Waals surface area (Å²) in [6.45, 7) is 4.68. The van der Waals surface area contributed by atoms with E-state index in [2.05, 4.69) is 5.16 Å². The summed E-state index contributed by atoms with van der Waals surface area (Å²) in [4.78, 5) is 25.9. The molecule has 8 heteroatoms. The van der Waals surface area contributed by atoms with Crippen LogP contribution in [0, 0.1) is 11.7 Å². The van der Waals surface area contributed by atoms with Crippen LogP contribution in [0.1, 0.15) is 48.9 Å². The van der Waals surface area contributed by atoms with Crippen molar-refractivity contribution in [2.45, 2.75) is 38.7 Å². The number of nitrogens with zero attached hydrogens (tertiary/aromatic N) is 2. The highest BCUT2D eigenvalue weighted by atomic mass is 19.1. The first-order valence-electron chi connectivity index (χ1n) is 9.30. The fourth-order valence-electron chi connectivity index (χ4n) is 3.31. The number of likely N-dealkylation sites (tertiary alicyclic amines) is 1. The lowest BCUT2D eigenvalue weighted by atomic mass is 9.91. The number of aromatic nitrogens is 1. The molecule has 0 saturated carbocycles. The van der Waals surface area contributed by atoms with E-state index in [0.717, 1.165) is 0 Å². The molecule has 1 aliphatic rings. The number of carbonyl (C=O) groups is 2. The maximum absolute atomic E-state index is 13.1. The van der Waals surface area contributed by atoms with E-state index in [-0.39, 0.29) is 41.8 Å². The zero-order valence-corrected chi connectivity index (χ0v) is 15.9. The third-order valence-corrected chi connectivity index (χ3v) is 4.85. The van der Waals surface area contributed by atoms with Crippen LogP contribution in [0.2, 0.25) is 0 Å². The molecule has 0 bridgehead atoms. The van der Waals surface area contributed by atoms with Crippen LogP contribution >= 0.6 is 0 Å². The minimum atomic E-state index is -0.464. The second kappa shape index (κ2) is 8.41. The van der Waals surface area contributed by atoms with Gasteiger partial charge < -0.3 is 19.9 Å². The van der Waals surface area contributed by atoms with Gasteiger partial charge in [-0.05, 0) is 30.2 Å². The van der Waals surface area contributed by atoms with Crippen LogP contribution in [0.4, 0.5) is 4.39 Å². The van der Waals surface area contributed by atoms with E-state index >= 15 is 0 Å². The molecule has 0 radical (unpaired) electrons. The molecule has 1 aromatic heterocycles. The normalized spacial score (nSPS) is 19.6. The highest BCUT2D eigenvalue weighted by Gasteiger charge is 2.35. The SMILES string of the molecule is CC(C)c1cc(C(=O)N2CC[C@H](Oc3ccc(F)cc3)[C@@H](CC(N)=O)C2)on1. The number of ether oxygens (including phenoxy) is 1. The monoisotopic (exact) mass is 389 g/mol. The molecule has 1 aromatic carbocycles. The summed E-state index contributed by atoms with van der Waals surface area (Å²) >= 11 is 0. The number of amides is 2. The second-order valence-electron chi connectivity index (χ2n) is 7.35. The van der Waals surface area contributed by atoms with Crippen molar-refractivity contribution in [1.29, 1.82) is 0 Å². The third kappa shape index (κ3) is 4.68. The Hall–Kier alpha value is -2.90. The minimum Gasteiger partial charge on any atom is -0.490 e. The van der Waals surface area contributed by atoms with Crippen molar-refractivity contribution in [2.75, 3.05) is 13.1 Å². The van der Waals surface area contributed by atoms with Gasteiger partial charge in [-0.3, -0.25) is 9.59 Å². The fourth-order valence-corrected chi connectivity index (χ4v) is 3.31. The average Bonchev–Trinajstić information content (AvgIpc) is 3.14. The van der Waals surface area contributed by atoms with Gasteiger partial charge >= 0.3 is 0 Å². The molecule has 1 fully saturated rings. The minimum absolute atomic E-state index is 0.0866. The van der Waals surface area contributed by atoms with Gasteiger partial charge in [0.25, 0.3) is 5.91 Å². The molecular formula is C20H24FN3O4. The molecule has 150 valence electrons. The summed E-state index contributed by atoms with van der Waals surface area (Å²) in [6, 6.07) is 7.35. The van der Waals surface area contributed by atoms with Gasteiger partial charge in [-0.2, -0.15) is 0 Å². The van der Waals surface area contributed by atoms with Crippen LogP contribution in [0.25, 0.3) is 0 Å². The highest BCUT2D eigenvalue weighted by molar-refractivity contribution is 5.91.